The number of halogens is 6. The summed E-state index contributed by atoms with van der Waals surface area (Å²) in [5.41, 5.74) is 0. The van der Waals surface area contributed by atoms with Gasteiger partial charge in [0.05, 0.1) is 0 Å². The third kappa shape index (κ3) is 2.11. The molecule has 0 aromatic heterocycles. The summed E-state index contributed by atoms with van der Waals surface area (Å²) >= 11 is 0. The zero-order valence-electron chi connectivity index (χ0n) is 6.97. The van der Waals surface area contributed by atoms with Gasteiger partial charge in [-0.05, 0) is 0 Å². The minimum Gasteiger partial charge on any atom is -0.282 e. The summed E-state index contributed by atoms with van der Waals surface area (Å²) < 4.78 is 91.3. The molecule has 0 unspecified atom stereocenters. The molecular weight excluding hydrogens is 266 g/mol. The van der Waals surface area contributed by atoms with Crippen LogP contribution in [0.3, 0.4) is 0 Å². The average molecular weight is 268 g/mol. The second-order valence-corrected chi connectivity index (χ2v) is 3.73. The van der Waals surface area contributed by atoms with E-state index in [0.29, 0.717) is 0 Å². The predicted octanol–water partition coefficient (Wildman–Crippen LogP) is 1.78. The molecule has 0 bridgehead atoms. The maximum atomic E-state index is 12.6. The van der Waals surface area contributed by atoms with Gasteiger partial charge in [0.25, 0.3) is 0 Å². The number of hydrogen-bond acceptors (Lipinski definition) is 2. The van der Waals surface area contributed by atoms with Gasteiger partial charge >= 0.3 is 10.1 Å². The van der Waals surface area contributed by atoms with Crippen LogP contribution in [0.1, 0.15) is 0 Å². The van der Waals surface area contributed by atoms with Crippen molar-refractivity contribution in [3.05, 3.63) is 29.1 Å². The Morgan fingerprint density at radius 3 is 1.25 bits per heavy atom. The number of benzene rings is 1. The lowest BCUT2D eigenvalue weighted by molar-refractivity contribution is 0.352. The second-order valence-electron chi connectivity index (χ2n) is 2.37. The molecule has 0 heterocycles. The van der Waals surface area contributed by atoms with Gasteiger partial charge in [-0.25, -0.2) is 22.0 Å². The molecule has 16 heavy (non-hydrogen) atoms. The van der Waals surface area contributed by atoms with Gasteiger partial charge in [0.2, 0.25) is 5.82 Å². The molecule has 0 atom stereocenters. The summed E-state index contributed by atoms with van der Waals surface area (Å²) in [7, 11) is -5.52. The highest BCUT2D eigenvalue weighted by molar-refractivity contribution is 7.85. The van der Waals surface area contributed by atoms with Crippen LogP contribution in [0, 0.1) is 29.1 Å². The van der Waals surface area contributed by atoms with Crippen LogP contribution in [0.2, 0.25) is 0 Å². The quantitative estimate of drug-likeness (QED) is 0.365. The SMILES string of the molecule is F.O=S(=O)(O)c1c(F)c(F)c(F)c(F)c1F. The van der Waals surface area contributed by atoms with Crippen molar-refractivity contribution in [2.45, 2.75) is 4.90 Å². The molecule has 92 valence electrons. The third-order valence-corrected chi connectivity index (χ3v) is 2.30. The topological polar surface area (TPSA) is 54.4 Å². The molecule has 0 aliphatic carbocycles. The molecule has 0 radical (unpaired) electrons. The number of hydrogen-bond donors (Lipinski definition) is 1. The standard InChI is InChI=1S/C6HF5O3S.FH/c7-1-2(8)4(10)6(15(12,13)14)5(11)3(1)9;/h(H,12,13,14);1H. The summed E-state index contributed by atoms with van der Waals surface area (Å²) in [4.78, 5) is -2.26. The van der Waals surface area contributed by atoms with E-state index in [1.165, 1.54) is 0 Å². The van der Waals surface area contributed by atoms with Crippen LogP contribution in [-0.4, -0.2) is 13.0 Å². The first-order valence-corrected chi connectivity index (χ1v) is 4.61. The van der Waals surface area contributed by atoms with E-state index in [0.717, 1.165) is 0 Å². The Hall–Kier alpha value is -1.29. The lowest BCUT2D eigenvalue weighted by Crippen LogP contribution is -2.11. The van der Waals surface area contributed by atoms with Crippen molar-refractivity contribution in [3.63, 3.8) is 0 Å². The summed E-state index contributed by atoms with van der Waals surface area (Å²) in [6.07, 6.45) is 0. The van der Waals surface area contributed by atoms with E-state index >= 15 is 0 Å². The molecule has 1 aromatic carbocycles. The van der Waals surface area contributed by atoms with Crippen LogP contribution in [0.15, 0.2) is 4.90 Å². The van der Waals surface area contributed by atoms with Crippen LogP contribution in [0.4, 0.5) is 26.7 Å². The van der Waals surface area contributed by atoms with Crippen LogP contribution in [0.5, 0.6) is 0 Å². The number of rotatable bonds is 1. The first-order chi connectivity index (χ1) is 6.68. The van der Waals surface area contributed by atoms with Gasteiger partial charge < -0.3 is 0 Å². The maximum Gasteiger partial charge on any atom is 0.300 e. The summed E-state index contributed by atoms with van der Waals surface area (Å²) in [5.74, 6) is -12.6. The van der Waals surface area contributed by atoms with Crippen molar-refractivity contribution in [1.82, 2.24) is 0 Å². The molecule has 0 saturated carbocycles. The minimum absolute atomic E-state index is 0. The van der Waals surface area contributed by atoms with Gasteiger partial charge in [-0.1, -0.05) is 0 Å². The van der Waals surface area contributed by atoms with Gasteiger partial charge in [-0.15, -0.1) is 0 Å². The molecule has 0 amide bonds. The monoisotopic (exact) mass is 268 g/mol. The van der Waals surface area contributed by atoms with E-state index in [4.69, 9.17) is 4.55 Å². The summed E-state index contributed by atoms with van der Waals surface area (Å²) in [6.45, 7) is 0. The largest absolute Gasteiger partial charge is 0.300 e. The lowest BCUT2D eigenvalue weighted by atomic mass is 10.3. The van der Waals surface area contributed by atoms with Crippen LogP contribution in [-0.2, 0) is 10.1 Å². The van der Waals surface area contributed by atoms with Crippen molar-refractivity contribution < 1.29 is 39.6 Å². The summed E-state index contributed by atoms with van der Waals surface area (Å²) in [6, 6.07) is 0. The highest BCUT2D eigenvalue weighted by Gasteiger charge is 2.32. The van der Waals surface area contributed by atoms with Gasteiger partial charge in [0.15, 0.2) is 28.2 Å². The smallest absolute Gasteiger partial charge is 0.282 e. The van der Waals surface area contributed by atoms with Crippen LogP contribution >= 0.6 is 0 Å². The zero-order valence-corrected chi connectivity index (χ0v) is 7.79. The van der Waals surface area contributed by atoms with Gasteiger partial charge in [0.1, 0.15) is 0 Å². The average Bonchev–Trinajstić information content (AvgIpc) is 2.09. The van der Waals surface area contributed by atoms with E-state index in [2.05, 4.69) is 0 Å². The highest BCUT2D eigenvalue weighted by atomic mass is 32.2. The Balaban J connectivity index is 0.00000225. The lowest BCUT2D eigenvalue weighted by Gasteiger charge is -2.04. The van der Waals surface area contributed by atoms with Gasteiger partial charge in [-0.3, -0.25) is 9.26 Å². The minimum atomic E-state index is -5.52. The predicted molar refractivity (Wildman–Crippen MR) is 38.5 cm³/mol. The highest BCUT2D eigenvalue weighted by Crippen LogP contribution is 2.26. The molecule has 0 aliphatic rings. The zero-order chi connectivity index (χ0) is 12.0. The summed E-state index contributed by atoms with van der Waals surface area (Å²) in [5, 5.41) is 0. The fourth-order valence-corrected chi connectivity index (χ4v) is 1.44. The maximum absolute atomic E-state index is 12.6. The van der Waals surface area contributed by atoms with Crippen molar-refractivity contribution in [1.29, 1.82) is 0 Å². The molecular formula is C6H2F6O3S. The van der Waals surface area contributed by atoms with Crippen molar-refractivity contribution in [2.75, 3.05) is 0 Å². The normalized spacial score (nSPS) is 11.1. The second kappa shape index (κ2) is 4.29. The first-order valence-electron chi connectivity index (χ1n) is 3.16. The Kier molecular flexibility index (Phi) is 3.95. The van der Waals surface area contributed by atoms with E-state index in [9.17, 15) is 30.4 Å². The van der Waals surface area contributed by atoms with Gasteiger partial charge in [-0.2, -0.15) is 8.42 Å². The van der Waals surface area contributed by atoms with Crippen molar-refractivity contribution >= 4 is 10.1 Å². The Morgan fingerprint density at radius 2 is 1.00 bits per heavy atom. The van der Waals surface area contributed by atoms with E-state index in [1.54, 1.807) is 0 Å². The van der Waals surface area contributed by atoms with Crippen LogP contribution in [0.25, 0.3) is 0 Å². The Labute approximate surface area is 84.6 Å². The molecule has 1 aromatic rings. The third-order valence-electron chi connectivity index (χ3n) is 1.43. The Morgan fingerprint density at radius 1 is 0.750 bits per heavy atom. The van der Waals surface area contributed by atoms with Crippen molar-refractivity contribution in [2.24, 2.45) is 0 Å². The molecule has 3 nitrogen and oxygen atoms in total. The molecule has 1 N–H and O–H groups in total. The van der Waals surface area contributed by atoms with Crippen LogP contribution < -0.4 is 0 Å². The van der Waals surface area contributed by atoms with E-state index in [1.807, 2.05) is 0 Å². The van der Waals surface area contributed by atoms with E-state index in [-0.39, 0.29) is 4.70 Å². The molecule has 0 aliphatic heterocycles. The molecule has 0 saturated heterocycles. The Bertz CT molecular complexity index is 497. The molecule has 0 spiro atoms. The molecule has 1 rings (SSSR count). The van der Waals surface area contributed by atoms with Crippen molar-refractivity contribution in [3.8, 4) is 0 Å². The fourth-order valence-electron chi connectivity index (χ4n) is 0.811. The molecule has 0 fully saturated rings. The van der Waals surface area contributed by atoms with E-state index < -0.39 is 44.1 Å². The molecule has 10 heteroatoms. The van der Waals surface area contributed by atoms with Gasteiger partial charge in [0, 0.05) is 0 Å². The first kappa shape index (κ1) is 14.7. The fraction of sp³-hybridized carbons (Fsp3) is 0.